The molecule has 4 rings (SSSR count). The fourth-order valence-electron chi connectivity index (χ4n) is 3.78. The SMILES string of the molecule is N#Cc1ccc(C=CC2(C(=O)O)CS[C@@H]3C(NC(=O)C(=NOCC(=O)O)c4csc(N)n4)C(=O)N3C2)cc1. The van der Waals surface area contributed by atoms with E-state index >= 15 is 0 Å². The molecule has 0 bridgehead atoms. The van der Waals surface area contributed by atoms with E-state index in [0.717, 1.165) is 11.3 Å². The lowest BCUT2D eigenvalue weighted by Gasteiger charge is -2.53. The van der Waals surface area contributed by atoms with Gasteiger partial charge in [-0.1, -0.05) is 29.4 Å². The number of nitriles is 1. The lowest BCUT2D eigenvalue weighted by molar-refractivity contribution is -0.156. The number of carboxylic acid groups (broad SMARTS) is 2. The second-order valence-electron chi connectivity index (χ2n) is 8.33. The van der Waals surface area contributed by atoms with E-state index in [4.69, 9.17) is 20.9 Å². The van der Waals surface area contributed by atoms with Crippen LogP contribution in [-0.4, -0.2) is 79.9 Å². The fraction of sp³-hybridized carbons (Fsp3) is 0.261. The molecule has 2 fully saturated rings. The van der Waals surface area contributed by atoms with Crippen LogP contribution in [0.1, 0.15) is 16.8 Å². The monoisotopic (exact) mass is 556 g/mol. The van der Waals surface area contributed by atoms with Crippen LogP contribution in [0.15, 0.2) is 40.9 Å². The quantitative estimate of drug-likeness (QED) is 0.191. The highest BCUT2D eigenvalue weighted by atomic mass is 32.2. The van der Waals surface area contributed by atoms with E-state index in [1.807, 2.05) is 6.07 Å². The number of anilines is 1. The molecule has 0 aliphatic carbocycles. The van der Waals surface area contributed by atoms with Crippen molar-refractivity contribution in [1.29, 1.82) is 5.26 Å². The molecular weight excluding hydrogens is 536 g/mol. The molecule has 2 aliphatic rings. The second kappa shape index (κ2) is 10.9. The van der Waals surface area contributed by atoms with Crippen molar-refractivity contribution in [1.82, 2.24) is 15.2 Å². The van der Waals surface area contributed by atoms with E-state index in [1.165, 1.54) is 28.1 Å². The Morgan fingerprint density at radius 3 is 2.68 bits per heavy atom. The maximum Gasteiger partial charge on any atom is 0.344 e. The molecule has 0 saturated carbocycles. The molecule has 5 N–H and O–H groups in total. The minimum Gasteiger partial charge on any atom is -0.481 e. The molecule has 15 heteroatoms. The third-order valence-corrected chi connectivity index (χ3v) is 8.00. The molecule has 0 radical (unpaired) electrons. The number of amides is 2. The Morgan fingerprint density at radius 2 is 2.08 bits per heavy atom. The average Bonchev–Trinajstić information content (AvgIpc) is 3.33. The molecule has 2 unspecified atom stereocenters. The predicted molar refractivity (Wildman–Crippen MR) is 137 cm³/mol. The topological polar surface area (TPSA) is 208 Å². The highest BCUT2D eigenvalue weighted by molar-refractivity contribution is 8.00. The zero-order valence-electron chi connectivity index (χ0n) is 19.4. The van der Waals surface area contributed by atoms with E-state index in [1.54, 1.807) is 30.3 Å². The summed E-state index contributed by atoms with van der Waals surface area (Å²) in [7, 11) is 0. The van der Waals surface area contributed by atoms with Gasteiger partial charge in [0.05, 0.1) is 11.6 Å². The minimum absolute atomic E-state index is 0.0492. The number of oxime groups is 1. The Bertz CT molecular complexity index is 1380. The number of nitrogen functional groups attached to an aromatic ring is 1. The van der Waals surface area contributed by atoms with E-state index in [9.17, 15) is 24.3 Å². The van der Waals surface area contributed by atoms with Gasteiger partial charge in [-0.25, -0.2) is 9.78 Å². The van der Waals surface area contributed by atoms with Gasteiger partial charge < -0.3 is 31.0 Å². The Kier molecular flexibility index (Phi) is 7.65. The van der Waals surface area contributed by atoms with Gasteiger partial charge in [-0.2, -0.15) is 5.26 Å². The van der Waals surface area contributed by atoms with Gasteiger partial charge in [-0.15, -0.1) is 23.1 Å². The van der Waals surface area contributed by atoms with E-state index in [2.05, 4.69) is 15.5 Å². The molecule has 2 amide bonds. The summed E-state index contributed by atoms with van der Waals surface area (Å²) in [6.07, 6.45) is 3.18. The largest absolute Gasteiger partial charge is 0.481 e. The van der Waals surface area contributed by atoms with Gasteiger partial charge >= 0.3 is 11.9 Å². The zero-order valence-corrected chi connectivity index (χ0v) is 21.1. The van der Waals surface area contributed by atoms with E-state index in [-0.39, 0.29) is 28.8 Å². The van der Waals surface area contributed by atoms with Gasteiger partial charge in [0.25, 0.3) is 5.91 Å². The summed E-state index contributed by atoms with van der Waals surface area (Å²) in [4.78, 5) is 58.9. The first-order chi connectivity index (χ1) is 18.1. The first kappa shape index (κ1) is 26.6. The molecule has 2 saturated heterocycles. The summed E-state index contributed by atoms with van der Waals surface area (Å²) >= 11 is 2.24. The van der Waals surface area contributed by atoms with Crippen LogP contribution < -0.4 is 11.1 Å². The normalized spacial score (nSPS) is 22.8. The molecule has 3 heterocycles. The van der Waals surface area contributed by atoms with Crippen LogP contribution in [0.5, 0.6) is 0 Å². The van der Waals surface area contributed by atoms with Crippen molar-refractivity contribution in [3.63, 3.8) is 0 Å². The lowest BCUT2D eigenvalue weighted by Crippen LogP contribution is -2.73. The summed E-state index contributed by atoms with van der Waals surface area (Å²) in [5.41, 5.74) is 5.15. The number of carboxylic acids is 2. The van der Waals surface area contributed by atoms with Crippen LogP contribution in [0, 0.1) is 16.7 Å². The Labute approximate surface area is 223 Å². The molecule has 2 aromatic rings. The van der Waals surface area contributed by atoms with Crippen molar-refractivity contribution in [3.8, 4) is 6.07 Å². The van der Waals surface area contributed by atoms with Crippen LogP contribution in [0.4, 0.5) is 5.13 Å². The number of hydrogen-bond acceptors (Lipinski definition) is 11. The number of aromatic nitrogens is 1. The van der Waals surface area contributed by atoms with E-state index < -0.39 is 47.2 Å². The van der Waals surface area contributed by atoms with Crippen molar-refractivity contribution in [2.75, 3.05) is 24.6 Å². The number of aliphatic carboxylic acids is 2. The number of hydrogen-bond donors (Lipinski definition) is 4. The fourth-order valence-corrected chi connectivity index (χ4v) is 5.85. The molecule has 2 aliphatic heterocycles. The van der Waals surface area contributed by atoms with Crippen molar-refractivity contribution in [3.05, 3.63) is 52.5 Å². The number of rotatable bonds is 9. The number of nitrogens with zero attached hydrogens (tertiary/aromatic N) is 4. The minimum atomic E-state index is -1.35. The number of carbonyl (C=O) groups excluding carboxylic acids is 2. The third-order valence-electron chi connectivity index (χ3n) is 5.78. The zero-order chi connectivity index (χ0) is 27.4. The number of thiazole rings is 1. The molecular formula is C23H20N6O7S2. The van der Waals surface area contributed by atoms with Gasteiger partial charge in [0.1, 0.15) is 22.5 Å². The first-order valence-electron chi connectivity index (χ1n) is 10.9. The Morgan fingerprint density at radius 1 is 1.34 bits per heavy atom. The predicted octanol–water partition coefficient (Wildman–Crippen LogP) is 0.587. The van der Waals surface area contributed by atoms with Gasteiger partial charge in [-0.3, -0.25) is 14.4 Å². The summed E-state index contributed by atoms with van der Waals surface area (Å²) < 4.78 is 0. The number of fused-ring (bicyclic) bond motifs is 1. The number of nitrogens with two attached hydrogens (primary N) is 1. The number of benzene rings is 1. The maximum absolute atomic E-state index is 12.9. The number of carbonyl (C=O) groups is 4. The first-order valence-corrected chi connectivity index (χ1v) is 12.9. The highest BCUT2D eigenvalue weighted by Crippen LogP contribution is 2.43. The van der Waals surface area contributed by atoms with Crippen LogP contribution in [-0.2, 0) is 24.0 Å². The third kappa shape index (κ3) is 5.45. The number of thioether (sulfide) groups is 1. The van der Waals surface area contributed by atoms with Gasteiger partial charge in [-0.05, 0) is 17.7 Å². The van der Waals surface area contributed by atoms with Gasteiger partial charge in [0, 0.05) is 17.7 Å². The highest BCUT2D eigenvalue weighted by Gasteiger charge is 2.56. The maximum atomic E-state index is 12.9. The van der Waals surface area contributed by atoms with Gasteiger partial charge in [0.15, 0.2) is 10.8 Å². The van der Waals surface area contributed by atoms with Gasteiger partial charge in [0.2, 0.25) is 12.5 Å². The second-order valence-corrected chi connectivity index (χ2v) is 10.3. The van der Waals surface area contributed by atoms with Crippen molar-refractivity contribution >= 4 is 63.8 Å². The number of nitrogens with one attached hydrogen (secondary N) is 1. The van der Waals surface area contributed by atoms with Crippen molar-refractivity contribution < 1.29 is 34.2 Å². The molecule has 1 aromatic heterocycles. The summed E-state index contributed by atoms with van der Waals surface area (Å²) in [6.45, 7) is -0.887. The Balaban J connectivity index is 1.46. The van der Waals surface area contributed by atoms with Crippen LogP contribution in [0.3, 0.4) is 0 Å². The lowest BCUT2D eigenvalue weighted by atomic mass is 9.86. The Hall–Kier alpha value is -4.42. The molecule has 196 valence electrons. The molecule has 3 atom stereocenters. The standard InChI is InChI=1S/C23H20N6O7S2/c24-7-13-3-1-12(2-4-13)5-6-23(21(34)35)10-29-19(33)17(20(29)38-11-23)27-18(32)16(28-36-8-15(30)31)14-9-37-22(25)26-14/h1-6,9,17,20H,8,10-11H2,(H2,25,26)(H,27,32)(H,30,31)(H,34,35)/t17?,20-,23?/m1/s1. The average molecular weight is 557 g/mol. The molecule has 38 heavy (non-hydrogen) atoms. The van der Waals surface area contributed by atoms with Crippen LogP contribution in [0.2, 0.25) is 0 Å². The molecule has 1 aromatic carbocycles. The van der Waals surface area contributed by atoms with Crippen molar-refractivity contribution in [2.24, 2.45) is 10.6 Å². The number of β-lactam (4-membered cyclic amide) rings is 1. The van der Waals surface area contributed by atoms with Crippen LogP contribution >= 0.6 is 23.1 Å². The summed E-state index contributed by atoms with van der Waals surface area (Å²) in [5.74, 6) is -3.56. The van der Waals surface area contributed by atoms with E-state index in [0.29, 0.717) is 11.1 Å². The smallest absolute Gasteiger partial charge is 0.344 e. The molecule has 0 spiro atoms. The van der Waals surface area contributed by atoms with Crippen molar-refractivity contribution in [2.45, 2.75) is 11.4 Å². The summed E-state index contributed by atoms with van der Waals surface area (Å²) in [6, 6.07) is 7.69. The van der Waals surface area contributed by atoms with Crippen LogP contribution in [0.25, 0.3) is 6.08 Å². The summed E-state index contributed by atoms with van der Waals surface area (Å²) in [5, 5.41) is 34.9. The molecule has 13 nitrogen and oxygen atoms in total.